The Bertz CT molecular complexity index is 942. The number of anilines is 1. The fourth-order valence-corrected chi connectivity index (χ4v) is 4.52. The summed E-state index contributed by atoms with van der Waals surface area (Å²) in [6.07, 6.45) is 0. The number of nitro groups is 1. The molecule has 0 bridgehead atoms. The van der Waals surface area contributed by atoms with E-state index >= 15 is 0 Å². The average Bonchev–Trinajstić information content (AvgIpc) is 2.89. The molecule has 6 nitrogen and oxygen atoms in total. The lowest BCUT2D eigenvalue weighted by atomic mass is 10.1. The Hall–Kier alpha value is -1.84. The van der Waals surface area contributed by atoms with Crippen molar-refractivity contribution in [2.75, 3.05) is 5.32 Å². The average molecular weight is 457 g/mol. The molecule has 3 rings (SSSR count). The Morgan fingerprint density at radius 1 is 1.26 bits per heavy atom. The number of rotatable bonds is 3. The number of halogens is 2. The first-order valence-corrected chi connectivity index (χ1v) is 8.66. The van der Waals surface area contributed by atoms with Crippen LogP contribution in [0.5, 0.6) is 0 Å². The summed E-state index contributed by atoms with van der Waals surface area (Å²) >= 11 is 8.10. The lowest BCUT2D eigenvalue weighted by Gasteiger charge is -2.02. The van der Waals surface area contributed by atoms with Crippen molar-refractivity contribution in [1.82, 2.24) is 4.98 Å². The number of para-hydroxylation sites is 1. The minimum Gasteiger partial charge on any atom is -0.298 e. The van der Waals surface area contributed by atoms with E-state index in [4.69, 9.17) is 0 Å². The molecule has 0 radical (unpaired) electrons. The molecular weight excluding hydrogens is 450 g/mol. The molecule has 1 amide bonds. The van der Waals surface area contributed by atoms with Crippen molar-refractivity contribution >= 4 is 70.1 Å². The standard InChI is InChI=1S/C14H7Br2N3O3S/c15-7-5-9(16)12-11(6-7)23-14(17-12)18-13(20)8-3-1-2-4-10(8)19(21)22/h1-6H,(H,17,18,20). The smallest absolute Gasteiger partial charge is 0.282 e. The summed E-state index contributed by atoms with van der Waals surface area (Å²) in [5, 5.41) is 14.0. The number of hydrogen-bond donors (Lipinski definition) is 1. The maximum atomic E-state index is 12.3. The minimum atomic E-state index is -0.582. The highest BCUT2D eigenvalue weighted by molar-refractivity contribution is 9.11. The van der Waals surface area contributed by atoms with E-state index in [1.165, 1.54) is 29.5 Å². The molecule has 9 heteroatoms. The van der Waals surface area contributed by atoms with Gasteiger partial charge in [-0.3, -0.25) is 20.2 Å². The molecule has 0 unspecified atom stereocenters. The van der Waals surface area contributed by atoms with E-state index in [1.807, 2.05) is 12.1 Å². The topological polar surface area (TPSA) is 85.1 Å². The van der Waals surface area contributed by atoms with Gasteiger partial charge in [-0.25, -0.2) is 4.98 Å². The predicted octanol–water partition coefficient (Wildman–Crippen LogP) is 4.98. The first-order chi connectivity index (χ1) is 11.0. The van der Waals surface area contributed by atoms with Crippen LogP contribution in [-0.2, 0) is 0 Å². The van der Waals surface area contributed by atoms with Crippen molar-refractivity contribution in [3.05, 3.63) is 61.0 Å². The third-order valence-corrected chi connectivity index (χ3v) is 4.96. The van der Waals surface area contributed by atoms with Crippen molar-refractivity contribution in [2.24, 2.45) is 0 Å². The molecule has 116 valence electrons. The number of nitrogens with zero attached hydrogens (tertiary/aromatic N) is 2. The normalized spacial score (nSPS) is 10.7. The maximum Gasteiger partial charge on any atom is 0.282 e. The third-order valence-electron chi connectivity index (χ3n) is 2.98. The van der Waals surface area contributed by atoms with Gasteiger partial charge in [0.2, 0.25) is 0 Å². The number of fused-ring (bicyclic) bond motifs is 1. The molecule has 0 atom stereocenters. The lowest BCUT2D eigenvalue weighted by molar-refractivity contribution is -0.385. The van der Waals surface area contributed by atoms with Gasteiger partial charge in [-0.2, -0.15) is 0 Å². The molecule has 0 aliphatic rings. The second-order valence-electron chi connectivity index (χ2n) is 4.48. The molecule has 1 heterocycles. The highest BCUT2D eigenvalue weighted by Crippen LogP contribution is 2.34. The number of nitrogens with one attached hydrogen (secondary N) is 1. The van der Waals surface area contributed by atoms with Crippen LogP contribution < -0.4 is 5.32 Å². The Morgan fingerprint density at radius 3 is 2.74 bits per heavy atom. The second kappa shape index (κ2) is 6.34. The van der Waals surface area contributed by atoms with Crippen LogP contribution in [0, 0.1) is 10.1 Å². The van der Waals surface area contributed by atoms with E-state index in [2.05, 4.69) is 42.2 Å². The van der Waals surface area contributed by atoms with Crippen LogP contribution in [0.2, 0.25) is 0 Å². The van der Waals surface area contributed by atoms with E-state index in [9.17, 15) is 14.9 Å². The van der Waals surface area contributed by atoms with Crippen LogP contribution >= 0.6 is 43.2 Å². The molecule has 0 aliphatic heterocycles. The van der Waals surface area contributed by atoms with Gasteiger partial charge in [0.1, 0.15) is 5.56 Å². The quantitative estimate of drug-likeness (QED) is 0.444. The largest absolute Gasteiger partial charge is 0.298 e. The van der Waals surface area contributed by atoms with E-state index in [0.29, 0.717) is 5.13 Å². The fraction of sp³-hybridized carbons (Fsp3) is 0. The molecular formula is C14H7Br2N3O3S. The summed E-state index contributed by atoms with van der Waals surface area (Å²) in [7, 11) is 0. The molecule has 0 spiro atoms. The van der Waals surface area contributed by atoms with Gasteiger partial charge >= 0.3 is 0 Å². The minimum absolute atomic E-state index is 0.00278. The molecule has 0 aliphatic carbocycles. The van der Waals surface area contributed by atoms with Crippen LogP contribution in [0.1, 0.15) is 10.4 Å². The molecule has 0 saturated carbocycles. The molecule has 0 fully saturated rings. The summed E-state index contributed by atoms with van der Waals surface area (Å²) in [6.45, 7) is 0. The van der Waals surface area contributed by atoms with E-state index in [-0.39, 0.29) is 11.3 Å². The summed E-state index contributed by atoms with van der Waals surface area (Å²) in [4.78, 5) is 27.1. The Morgan fingerprint density at radius 2 is 2.00 bits per heavy atom. The van der Waals surface area contributed by atoms with Gasteiger partial charge in [0.05, 0.1) is 15.1 Å². The van der Waals surface area contributed by atoms with Gasteiger partial charge in [0, 0.05) is 15.0 Å². The molecule has 23 heavy (non-hydrogen) atoms. The Kier molecular flexibility index (Phi) is 4.42. The summed E-state index contributed by atoms with van der Waals surface area (Å²) in [5.74, 6) is -0.563. The van der Waals surface area contributed by atoms with Gasteiger partial charge in [-0.05, 0) is 34.1 Å². The fourth-order valence-electron chi connectivity index (χ4n) is 2.00. The number of nitro benzene ring substituents is 1. The highest BCUT2D eigenvalue weighted by atomic mass is 79.9. The number of benzene rings is 2. The van der Waals surface area contributed by atoms with Gasteiger partial charge in [0.25, 0.3) is 11.6 Å². The Balaban J connectivity index is 1.95. The molecule has 2 aromatic carbocycles. The van der Waals surface area contributed by atoms with Gasteiger partial charge < -0.3 is 0 Å². The maximum absolute atomic E-state index is 12.3. The number of carbonyl (C=O) groups is 1. The lowest BCUT2D eigenvalue weighted by Crippen LogP contribution is -2.13. The van der Waals surface area contributed by atoms with Crippen LogP contribution in [0.25, 0.3) is 10.2 Å². The van der Waals surface area contributed by atoms with Crippen LogP contribution in [0.3, 0.4) is 0 Å². The number of hydrogen-bond acceptors (Lipinski definition) is 5. The number of carbonyl (C=O) groups excluding carboxylic acids is 1. The summed E-state index contributed by atoms with van der Waals surface area (Å²) in [5.41, 5.74) is 0.475. The number of aromatic nitrogens is 1. The molecule has 1 N–H and O–H groups in total. The zero-order valence-corrected chi connectivity index (χ0v) is 15.2. The summed E-state index contributed by atoms with van der Waals surface area (Å²) in [6, 6.07) is 9.54. The highest BCUT2D eigenvalue weighted by Gasteiger charge is 2.20. The van der Waals surface area contributed by atoms with E-state index in [0.717, 1.165) is 19.2 Å². The number of amides is 1. The van der Waals surface area contributed by atoms with Gasteiger partial charge in [0.15, 0.2) is 5.13 Å². The number of thiazole rings is 1. The van der Waals surface area contributed by atoms with Crippen LogP contribution in [-0.4, -0.2) is 15.8 Å². The van der Waals surface area contributed by atoms with Gasteiger partial charge in [-0.1, -0.05) is 39.4 Å². The molecule has 3 aromatic rings. The van der Waals surface area contributed by atoms with Crippen LogP contribution in [0.4, 0.5) is 10.8 Å². The van der Waals surface area contributed by atoms with Crippen molar-refractivity contribution in [3.63, 3.8) is 0 Å². The first kappa shape index (κ1) is 16.0. The van der Waals surface area contributed by atoms with Crippen molar-refractivity contribution in [2.45, 2.75) is 0 Å². The van der Waals surface area contributed by atoms with E-state index in [1.54, 1.807) is 6.07 Å². The molecule has 1 aromatic heterocycles. The second-order valence-corrected chi connectivity index (χ2v) is 7.28. The third kappa shape index (κ3) is 3.26. The SMILES string of the molecule is O=C(Nc1nc2c(Br)cc(Br)cc2s1)c1ccccc1[N+](=O)[O-]. The summed E-state index contributed by atoms with van der Waals surface area (Å²) < 4.78 is 2.56. The van der Waals surface area contributed by atoms with Gasteiger partial charge in [-0.15, -0.1) is 0 Å². The van der Waals surface area contributed by atoms with Crippen molar-refractivity contribution in [3.8, 4) is 0 Å². The van der Waals surface area contributed by atoms with Crippen molar-refractivity contribution in [1.29, 1.82) is 0 Å². The van der Waals surface area contributed by atoms with Crippen LogP contribution in [0.15, 0.2) is 45.3 Å². The zero-order valence-electron chi connectivity index (χ0n) is 11.2. The first-order valence-electron chi connectivity index (χ1n) is 6.26. The molecule has 0 saturated heterocycles. The van der Waals surface area contributed by atoms with E-state index < -0.39 is 10.8 Å². The zero-order chi connectivity index (χ0) is 16.6. The van der Waals surface area contributed by atoms with Crippen molar-refractivity contribution < 1.29 is 9.72 Å². The predicted molar refractivity (Wildman–Crippen MR) is 96.1 cm³/mol. The Labute approximate surface area is 150 Å². The monoisotopic (exact) mass is 455 g/mol.